The average molecular weight is 352 g/mol. The predicted octanol–water partition coefficient (Wildman–Crippen LogP) is 2.41. The molecule has 2 aromatic rings. The Morgan fingerprint density at radius 1 is 1.28 bits per heavy atom. The van der Waals surface area contributed by atoms with E-state index in [1.807, 2.05) is 0 Å². The number of nitrogens with zero attached hydrogens (tertiary/aromatic N) is 5. The third kappa shape index (κ3) is 4.40. The van der Waals surface area contributed by atoms with Crippen LogP contribution >= 0.6 is 0 Å². The molecule has 1 aliphatic carbocycles. The monoisotopic (exact) mass is 352 g/mol. The number of nitrogens with one attached hydrogen (secondary N) is 1. The number of hydrogen-bond acceptors (Lipinski definition) is 5. The van der Waals surface area contributed by atoms with Gasteiger partial charge in [0.05, 0.1) is 5.56 Å². The Morgan fingerprint density at radius 3 is 2.76 bits per heavy atom. The Morgan fingerprint density at radius 2 is 2.04 bits per heavy atom. The molecule has 1 aliphatic rings. The largest absolute Gasteiger partial charge is 0.416 e. The summed E-state index contributed by atoms with van der Waals surface area (Å²) in [4.78, 5) is 12.8. The van der Waals surface area contributed by atoms with Gasteiger partial charge >= 0.3 is 6.18 Å². The summed E-state index contributed by atoms with van der Waals surface area (Å²) < 4.78 is 38.2. The van der Waals surface area contributed by atoms with Gasteiger partial charge in [0.15, 0.2) is 0 Å². The molecule has 10 heteroatoms. The number of hydrazone groups is 1. The fourth-order valence-corrected chi connectivity index (χ4v) is 2.46. The highest BCUT2D eigenvalue weighted by molar-refractivity contribution is 5.87. The van der Waals surface area contributed by atoms with Gasteiger partial charge in [-0.25, -0.2) is 5.43 Å². The van der Waals surface area contributed by atoms with Crippen molar-refractivity contribution in [1.29, 1.82) is 0 Å². The number of halogens is 3. The van der Waals surface area contributed by atoms with Crippen molar-refractivity contribution in [3.05, 3.63) is 29.8 Å². The second kappa shape index (κ2) is 6.99. The van der Waals surface area contributed by atoms with Crippen molar-refractivity contribution in [2.75, 3.05) is 0 Å². The molecule has 0 saturated heterocycles. The van der Waals surface area contributed by atoms with Crippen LogP contribution in [-0.2, 0) is 17.5 Å². The van der Waals surface area contributed by atoms with E-state index < -0.39 is 17.6 Å². The van der Waals surface area contributed by atoms with Crippen molar-refractivity contribution in [3.8, 4) is 11.4 Å². The van der Waals surface area contributed by atoms with E-state index in [4.69, 9.17) is 0 Å². The number of amides is 1. The molecule has 0 unspecified atom stereocenters. The number of alkyl halides is 3. The Labute approximate surface area is 140 Å². The quantitative estimate of drug-likeness (QED) is 0.857. The lowest BCUT2D eigenvalue weighted by molar-refractivity contribution is -0.137. The topological polar surface area (TPSA) is 85.1 Å². The molecule has 0 atom stereocenters. The van der Waals surface area contributed by atoms with E-state index in [1.165, 1.54) is 12.1 Å². The molecular formula is C15H15F3N6O. The van der Waals surface area contributed by atoms with Crippen LogP contribution in [0.2, 0.25) is 0 Å². The first-order valence-electron chi connectivity index (χ1n) is 7.71. The zero-order valence-corrected chi connectivity index (χ0v) is 13.1. The number of carbonyl (C=O) groups is 1. The van der Waals surface area contributed by atoms with Crippen molar-refractivity contribution in [3.63, 3.8) is 0 Å². The minimum Gasteiger partial charge on any atom is -0.271 e. The zero-order valence-electron chi connectivity index (χ0n) is 13.1. The number of tetrazole rings is 1. The first-order chi connectivity index (χ1) is 11.9. The van der Waals surface area contributed by atoms with Gasteiger partial charge in [0.2, 0.25) is 5.82 Å². The van der Waals surface area contributed by atoms with Gasteiger partial charge in [-0.15, -0.1) is 10.2 Å². The SMILES string of the molecule is O=C(Cn1nnc(-c2cccc(C(F)(F)F)c2)n1)NN=C1CCCC1. The first-order valence-corrected chi connectivity index (χ1v) is 7.71. The van der Waals surface area contributed by atoms with E-state index in [1.54, 1.807) is 0 Å². The zero-order chi connectivity index (χ0) is 17.9. The summed E-state index contributed by atoms with van der Waals surface area (Å²) in [7, 11) is 0. The molecule has 1 aromatic carbocycles. The molecule has 1 N–H and O–H groups in total. The number of hydrogen-bond donors (Lipinski definition) is 1. The molecule has 1 aromatic heterocycles. The van der Waals surface area contributed by atoms with Crippen molar-refractivity contribution in [2.45, 2.75) is 38.4 Å². The van der Waals surface area contributed by atoms with Crippen molar-refractivity contribution in [1.82, 2.24) is 25.6 Å². The summed E-state index contributed by atoms with van der Waals surface area (Å²) in [5.41, 5.74) is 2.75. The summed E-state index contributed by atoms with van der Waals surface area (Å²) in [6.45, 7) is -0.220. The van der Waals surface area contributed by atoms with Crippen LogP contribution in [0.15, 0.2) is 29.4 Å². The Bertz CT molecular complexity index is 791. The van der Waals surface area contributed by atoms with Gasteiger partial charge < -0.3 is 0 Å². The molecular weight excluding hydrogens is 337 g/mol. The standard InChI is InChI=1S/C15H15F3N6O/c16-15(17,18)11-5-3-4-10(8-11)14-21-23-24(22-14)9-13(25)20-19-12-6-1-2-7-12/h3-5,8H,1-2,6-7,9H2,(H,20,25). The third-order valence-corrected chi connectivity index (χ3v) is 3.71. The first kappa shape index (κ1) is 17.1. The molecule has 7 nitrogen and oxygen atoms in total. The van der Waals surface area contributed by atoms with Gasteiger partial charge in [0, 0.05) is 11.3 Å². The van der Waals surface area contributed by atoms with Crippen molar-refractivity contribution in [2.24, 2.45) is 5.10 Å². The van der Waals surface area contributed by atoms with Crippen molar-refractivity contribution < 1.29 is 18.0 Å². The van der Waals surface area contributed by atoms with Crippen LogP contribution in [0.3, 0.4) is 0 Å². The van der Waals surface area contributed by atoms with Gasteiger partial charge in [-0.1, -0.05) is 12.1 Å². The fraction of sp³-hybridized carbons (Fsp3) is 0.400. The van der Waals surface area contributed by atoms with E-state index in [9.17, 15) is 18.0 Å². The molecule has 1 fully saturated rings. The second-order valence-corrected chi connectivity index (χ2v) is 5.64. The highest BCUT2D eigenvalue weighted by Crippen LogP contribution is 2.31. The number of carbonyl (C=O) groups excluding carboxylic acids is 1. The molecule has 0 aliphatic heterocycles. The van der Waals surface area contributed by atoms with Gasteiger partial charge in [-0.2, -0.15) is 23.1 Å². The summed E-state index contributed by atoms with van der Waals surface area (Å²) in [6, 6.07) is 4.61. The fourth-order valence-electron chi connectivity index (χ4n) is 2.46. The highest BCUT2D eigenvalue weighted by atomic mass is 19.4. The average Bonchev–Trinajstić information content (AvgIpc) is 3.24. The summed E-state index contributed by atoms with van der Waals surface area (Å²) >= 11 is 0. The highest BCUT2D eigenvalue weighted by Gasteiger charge is 2.30. The molecule has 3 rings (SSSR count). The van der Waals surface area contributed by atoms with Crippen LogP contribution in [0.1, 0.15) is 31.2 Å². The molecule has 0 bridgehead atoms. The van der Waals surface area contributed by atoms with Gasteiger partial charge in [-0.05, 0) is 43.0 Å². The maximum Gasteiger partial charge on any atom is 0.416 e. The van der Waals surface area contributed by atoms with Gasteiger partial charge in [-0.3, -0.25) is 4.79 Å². The summed E-state index contributed by atoms with van der Waals surface area (Å²) in [5.74, 6) is -0.409. The lowest BCUT2D eigenvalue weighted by atomic mass is 10.1. The lowest BCUT2D eigenvalue weighted by Gasteiger charge is -2.06. The smallest absolute Gasteiger partial charge is 0.271 e. The normalized spacial score (nSPS) is 14.6. The van der Waals surface area contributed by atoms with Crippen LogP contribution in [0.4, 0.5) is 13.2 Å². The maximum atomic E-state index is 12.7. The minimum atomic E-state index is -4.45. The van der Waals surface area contributed by atoms with Crippen LogP contribution in [0.5, 0.6) is 0 Å². The van der Waals surface area contributed by atoms with E-state index in [0.717, 1.165) is 48.3 Å². The van der Waals surface area contributed by atoms with Crippen molar-refractivity contribution >= 4 is 11.6 Å². The molecule has 1 saturated carbocycles. The summed E-state index contributed by atoms with van der Waals surface area (Å²) in [5, 5.41) is 15.4. The lowest BCUT2D eigenvalue weighted by Crippen LogP contribution is -2.25. The van der Waals surface area contributed by atoms with Crippen LogP contribution in [0, 0.1) is 0 Å². The third-order valence-electron chi connectivity index (χ3n) is 3.71. The molecule has 0 radical (unpaired) electrons. The van der Waals surface area contributed by atoms with Gasteiger partial charge in [0.25, 0.3) is 5.91 Å². The Balaban J connectivity index is 1.66. The molecule has 25 heavy (non-hydrogen) atoms. The van der Waals surface area contributed by atoms with Crippen LogP contribution < -0.4 is 5.43 Å². The predicted molar refractivity (Wildman–Crippen MR) is 82.3 cm³/mol. The molecule has 132 valence electrons. The number of rotatable bonds is 4. The van der Waals surface area contributed by atoms with E-state index >= 15 is 0 Å². The Hall–Kier alpha value is -2.78. The minimum absolute atomic E-state index is 0.0148. The molecule has 1 heterocycles. The van der Waals surface area contributed by atoms with E-state index in [0.29, 0.717) is 0 Å². The van der Waals surface area contributed by atoms with Crippen LogP contribution in [0.25, 0.3) is 11.4 Å². The summed E-state index contributed by atoms with van der Waals surface area (Å²) in [6.07, 6.45) is -0.562. The molecule has 1 amide bonds. The second-order valence-electron chi connectivity index (χ2n) is 5.64. The number of aromatic nitrogens is 4. The van der Waals surface area contributed by atoms with Crippen LogP contribution in [-0.4, -0.2) is 31.8 Å². The Kier molecular flexibility index (Phi) is 4.77. The van der Waals surface area contributed by atoms with E-state index in [-0.39, 0.29) is 17.9 Å². The number of benzene rings is 1. The van der Waals surface area contributed by atoms with E-state index in [2.05, 4.69) is 25.9 Å². The van der Waals surface area contributed by atoms with Gasteiger partial charge in [0.1, 0.15) is 6.54 Å². The maximum absolute atomic E-state index is 12.7. The molecule has 0 spiro atoms.